The van der Waals surface area contributed by atoms with Crippen LogP contribution < -0.4 is 5.73 Å². The molecule has 0 aliphatic rings. The van der Waals surface area contributed by atoms with Crippen molar-refractivity contribution in [3.05, 3.63) is 41.7 Å². The molecule has 0 aliphatic heterocycles. The summed E-state index contributed by atoms with van der Waals surface area (Å²) in [5, 5.41) is 8.93. The van der Waals surface area contributed by atoms with Gasteiger partial charge in [-0.3, -0.25) is 0 Å². The Morgan fingerprint density at radius 2 is 2.06 bits per heavy atom. The van der Waals surface area contributed by atoms with Crippen molar-refractivity contribution in [1.29, 1.82) is 5.26 Å². The summed E-state index contributed by atoms with van der Waals surface area (Å²) >= 11 is 0. The number of anilines is 1. The van der Waals surface area contributed by atoms with E-state index in [-0.39, 0.29) is 5.92 Å². The molecule has 0 aliphatic carbocycles. The van der Waals surface area contributed by atoms with Gasteiger partial charge in [0.2, 0.25) is 0 Å². The molecule has 0 fully saturated rings. The van der Waals surface area contributed by atoms with E-state index in [1.165, 1.54) is 6.33 Å². The summed E-state index contributed by atoms with van der Waals surface area (Å²) in [5.74, 6) is 0.726. The summed E-state index contributed by atoms with van der Waals surface area (Å²) in [4.78, 5) is 8.34. The molecule has 0 spiro atoms. The van der Waals surface area contributed by atoms with Gasteiger partial charge in [0.05, 0.1) is 17.3 Å². The zero-order valence-electron chi connectivity index (χ0n) is 10.4. The van der Waals surface area contributed by atoms with Crippen LogP contribution in [0.4, 0.5) is 5.82 Å². The highest BCUT2D eigenvalue weighted by molar-refractivity contribution is 5.69. The fraction of sp³-hybridized carbons (Fsp3) is 0.214. The maximum Gasteiger partial charge on any atom is 0.130 e. The van der Waals surface area contributed by atoms with Crippen LogP contribution in [0, 0.1) is 11.3 Å². The summed E-state index contributed by atoms with van der Waals surface area (Å²) < 4.78 is 0. The largest absolute Gasteiger partial charge is 0.383 e. The van der Waals surface area contributed by atoms with Gasteiger partial charge in [-0.05, 0) is 18.1 Å². The molecule has 1 heterocycles. The molecule has 4 nitrogen and oxygen atoms in total. The fourth-order valence-corrected chi connectivity index (χ4v) is 1.94. The van der Waals surface area contributed by atoms with E-state index in [0.717, 1.165) is 16.8 Å². The molecule has 2 aromatic rings. The van der Waals surface area contributed by atoms with E-state index in [9.17, 15) is 0 Å². The number of nitrogens with zero attached hydrogens (tertiary/aromatic N) is 3. The molecule has 18 heavy (non-hydrogen) atoms. The molecule has 2 N–H and O–H groups in total. The highest BCUT2D eigenvalue weighted by Crippen LogP contribution is 2.30. The van der Waals surface area contributed by atoms with Gasteiger partial charge in [-0.15, -0.1) is 0 Å². The maximum absolute atomic E-state index is 8.93. The quantitative estimate of drug-likeness (QED) is 0.872. The first-order valence-electron chi connectivity index (χ1n) is 5.74. The Morgan fingerprint density at radius 3 is 2.72 bits per heavy atom. The number of benzene rings is 1. The second-order valence-corrected chi connectivity index (χ2v) is 4.37. The Kier molecular flexibility index (Phi) is 3.24. The monoisotopic (exact) mass is 238 g/mol. The number of rotatable bonds is 2. The Hall–Kier alpha value is -2.41. The number of nitrogens with two attached hydrogens (primary N) is 1. The van der Waals surface area contributed by atoms with Crippen LogP contribution in [0.5, 0.6) is 0 Å². The SMILES string of the molecule is CC(C)c1c(N)ncnc1-c1cccc(C#N)c1. The lowest BCUT2D eigenvalue weighted by atomic mass is 9.97. The molecule has 0 saturated carbocycles. The molecule has 0 unspecified atom stereocenters. The minimum Gasteiger partial charge on any atom is -0.383 e. The first-order chi connectivity index (χ1) is 8.63. The van der Waals surface area contributed by atoms with E-state index in [4.69, 9.17) is 11.0 Å². The molecule has 0 atom stereocenters. The molecule has 90 valence electrons. The molecular formula is C14H14N4. The van der Waals surface area contributed by atoms with Crippen molar-refractivity contribution in [2.75, 3.05) is 5.73 Å². The maximum atomic E-state index is 8.93. The van der Waals surface area contributed by atoms with Gasteiger partial charge in [-0.2, -0.15) is 5.26 Å². The van der Waals surface area contributed by atoms with Crippen molar-refractivity contribution in [3.8, 4) is 17.3 Å². The van der Waals surface area contributed by atoms with E-state index in [0.29, 0.717) is 11.4 Å². The lowest BCUT2D eigenvalue weighted by Crippen LogP contribution is -2.04. The van der Waals surface area contributed by atoms with E-state index in [1.54, 1.807) is 6.07 Å². The molecule has 0 amide bonds. The predicted octanol–water partition coefficient (Wildman–Crippen LogP) is 2.72. The van der Waals surface area contributed by atoms with Gasteiger partial charge in [0.25, 0.3) is 0 Å². The van der Waals surface area contributed by atoms with Gasteiger partial charge in [-0.25, -0.2) is 9.97 Å². The van der Waals surface area contributed by atoms with Crippen molar-refractivity contribution in [1.82, 2.24) is 9.97 Å². The molecular weight excluding hydrogens is 224 g/mol. The van der Waals surface area contributed by atoms with Crippen molar-refractivity contribution >= 4 is 5.82 Å². The standard InChI is InChI=1S/C14H14N4/c1-9(2)12-13(17-8-18-14(12)16)11-5-3-4-10(6-11)7-15/h3-6,8-9H,1-2H3,(H2,16,17,18). The number of hydrogen-bond acceptors (Lipinski definition) is 4. The third-order valence-corrected chi connectivity index (χ3v) is 2.76. The van der Waals surface area contributed by atoms with E-state index in [2.05, 4.69) is 16.0 Å². The van der Waals surface area contributed by atoms with Crippen LogP contribution in [0.3, 0.4) is 0 Å². The van der Waals surface area contributed by atoms with Crippen LogP contribution in [0.1, 0.15) is 30.9 Å². The van der Waals surface area contributed by atoms with Crippen molar-refractivity contribution < 1.29 is 0 Å². The molecule has 0 radical (unpaired) electrons. The van der Waals surface area contributed by atoms with Crippen molar-refractivity contribution in [3.63, 3.8) is 0 Å². The van der Waals surface area contributed by atoms with Crippen LogP contribution in [0.15, 0.2) is 30.6 Å². The molecule has 0 saturated heterocycles. The second-order valence-electron chi connectivity index (χ2n) is 4.37. The molecule has 4 heteroatoms. The number of hydrogen-bond donors (Lipinski definition) is 1. The third-order valence-electron chi connectivity index (χ3n) is 2.76. The summed E-state index contributed by atoms with van der Waals surface area (Å²) in [5.41, 5.74) is 9.14. The normalized spacial score (nSPS) is 10.3. The first kappa shape index (κ1) is 12.1. The summed E-state index contributed by atoms with van der Waals surface area (Å²) in [6, 6.07) is 9.47. The summed E-state index contributed by atoms with van der Waals surface area (Å²) in [7, 11) is 0. The number of nitrogen functional groups attached to an aromatic ring is 1. The van der Waals surface area contributed by atoms with Gasteiger partial charge in [0.15, 0.2) is 0 Å². The topological polar surface area (TPSA) is 75.6 Å². The Bertz CT molecular complexity index is 611. The van der Waals surface area contributed by atoms with Crippen LogP contribution in [-0.4, -0.2) is 9.97 Å². The number of nitriles is 1. The van der Waals surface area contributed by atoms with Crippen LogP contribution >= 0.6 is 0 Å². The second kappa shape index (κ2) is 4.84. The van der Waals surface area contributed by atoms with Gasteiger partial charge in [0.1, 0.15) is 12.1 Å². The van der Waals surface area contributed by atoms with Gasteiger partial charge in [0, 0.05) is 11.1 Å². The molecule has 1 aromatic heterocycles. The van der Waals surface area contributed by atoms with E-state index in [1.807, 2.05) is 32.0 Å². The van der Waals surface area contributed by atoms with Crippen molar-refractivity contribution in [2.24, 2.45) is 0 Å². The Labute approximate surface area is 106 Å². The smallest absolute Gasteiger partial charge is 0.130 e. The highest BCUT2D eigenvalue weighted by Gasteiger charge is 2.14. The third kappa shape index (κ3) is 2.16. The first-order valence-corrected chi connectivity index (χ1v) is 5.74. The van der Waals surface area contributed by atoms with Crippen LogP contribution in [-0.2, 0) is 0 Å². The van der Waals surface area contributed by atoms with Crippen LogP contribution in [0.25, 0.3) is 11.3 Å². The van der Waals surface area contributed by atoms with E-state index >= 15 is 0 Å². The Morgan fingerprint density at radius 1 is 1.28 bits per heavy atom. The Balaban J connectivity index is 2.64. The molecule has 0 bridgehead atoms. The van der Waals surface area contributed by atoms with Crippen molar-refractivity contribution in [2.45, 2.75) is 19.8 Å². The molecule has 2 rings (SSSR count). The minimum atomic E-state index is 0.229. The average Bonchev–Trinajstić information content (AvgIpc) is 2.38. The predicted molar refractivity (Wildman–Crippen MR) is 70.7 cm³/mol. The fourth-order valence-electron chi connectivity index (χ4n) is 1.94. The lowest BCUT2D eigenvalue weighted by molar-refractivity contribution is 0.854. The summed E-state index contributed by atoms with van der Waals surface area (Å²) in [6.45, 7) is 4.10. The highest BCUT2D eigenvalue weighted by atomic mass is 14.9. The number of aromatic nitrogens is 2. The zero-order valence-corrected chi connectivity index (χ0v) is 10.4. The lowest BCUT2D eigenvalue weighted by Gasteiger charge is -2.13. The van der Waals surface area contributed by atoms with Gasteiger partial charge < -0.3 is 5.73 Å². The molecule has 1 aromatic carbocycles. The minimum absolute atomic E-state index is 0.229. The average molecular weight is 238 g/mol. The zero-order chi connectivity index (χ0) is 13.1. The van der Waals surface area contributed by atoms with Gasteiger partial charge in [-0.1, -0.05) is 26.0 Å². The van der Waals surface area contributed by atoms with Gasteiger partial charge >= 0.3 is 0 Å². The summed E-state index contributed by atoms with van der Waals surface area (Å²) in [6.07, 6.45) is 1.45. The van der Waals surface area contributed by atoms with Crippen LogP contribution in [0.2, 0.25) is 0 Å². The van der Waals surface area contributed by atoms with E-state index < -0.39 is 0 Å².